The van der Waals surface area contributed by atoms with Crippen molar-refractivity contribution in [3.8, 4) is 0 Å². The van der Waals surface area contributed by atoms with E-state index in [-0.39, 0.29) is 0 Å². The molecule has 0 bridgehead atoms. The van der Waals surface area contributed by atoms with Crippen molar-refractivity contribution in [2.45, 2.75) is 70.2 Å². The van der Waals surface area contributed by atoms with Crippen LogP contribution in [0.4, 0.5) is 0 Å². The maximum Gasteiger partial charge on any atom is 0.187 e. The fraction of sp³-hybridized carbons (Fsp3) is 0.846. The van der Waals surface area contributed by atoms with Crippen molar-refractivity contribution >= 4 is 8.32 Å². The van der Waals surface area contributed by atoms with Gasteiger partial charge in [-0.3, -0.25) is 0 Å². The van der Waals surface area contributed by atoms with Gasteiger partial charge in [-0.1, -0.05) is 25.3 Å². The zero-order valence-corrected chi connectivity index (χ0v) is 11.4. The summed E-state index contributed by atoms with van der Waals surface area (Å²) in [6.07, 6.45) is 11.7. The molecule has 1 atom stereocenters. The van der Waals surface area contributed by atoms with Crippen LogP contribution in [0.5, 0.6) is 0 Å². The summed E-state index contributed by atoms with van der Waals surface area (Å²) < 4.78 is 6.20. The zero-order valence-electron chi connectivity index (χ0n) is 10.4. The zero-order chi connectivity index (χ0) is 11.1. The largest absolute Gasteiger partial charge is 0.414 e. The monoisotopic (exact) mass is 226 g/mol. The second-order valence-corrected chi connectivity index (χ2v) is 9.57. The highest BCUT2D eigenvalue weighted by Gasteiger charge is 2.30. The third kappa shape index (κ3) is 5.52. The first kappa shape index (κ1) is 13.0. The van der Waals surface area contributed by atoms with Gasteiger partial charge in [0.15, 0.2) is 8.32 Å². The van der Waals surface area contributed by atoms with E-state index in [0.29, 0.717) is 6.10 Å². The molecule has 0 N–H and O–H groups in total. The van der Waals surface area contributed by atoms with Gasteiger partial charge in [0.1, 0.15) is 0 Å². The molecule has 88 valence electrons. The van der Waals surface area contributed by atoms with Crippen LogP contribution in [-0.4, -0.2) is 14.4 Å². The van der Waals surface area contributed by atoms with Gasteiger partial charge in [-0.05, 0) is 44.8 Å². The Kier molecular flexibility index (Phi) is 5.62. The van der Waals surface area contributed by atoms with Crippen molar-refractivity contribution < 1.29 is 4.43 Å². The number of allylic oxidation sites excluding steroid dienone is 1. The molecule has 0 aliphatic carbocycles. The average molecular weight is 226 g/mol. The van der Waals surface area contributed by atoms with Crippen LogP contribution >= 0.6 is 0 Å². The molecule has 0 saturated carbocycles. The average Bonchev–Trinajstić information content (AvgIpc) is 2.16. The Morgan fingerprint density at radius 2 is 2.13 bits per heavy atom. The quantitative estimate of drug-likeness (QED) is 0.368. The van der Waals surface area contributed by atoms with Gasteiger partial charge in [0.25, 0.3) is 0 Å². The summed E-state index contributed by atoms with van der Waals surface area (Å²) in [4.78, 5) is 0. The van der Waals surface area contributed by atoms with E-state index in [1.54, 1.807) is 0 Å². The first-order valence-corrected chi connectivity index (χ1v) is 9.54. The lowest BCUT2D eigenvalue weighted by atomic mass is 10.1. The Morgan fingerprint density at radius 3 is 2.80 bits per heavy atom. The Balaban J connectivity index is 2.08. The smallest absolute Gasteiger partial charge is 0.187 e. The third-order valence-corrected chi connectivity index (χ3v) is 5.75. The van der Waals surface area contributed by atoms with Gasteiger partial charge in [0.05, 0.1) is 0 Å². The fourth-order valence-corrected chi connectivity index (χ4v) is 4.68. The standard InChI is InChI=1S/C13H26OSi/c1-4-5-6-7-8-10-13-11-9-12-15(2,3)14-13/h4,13H,1,5-12H2,2-3H3. The topological polar surface area (TPSA) is 9.23 Å². The minimum absolute atomic E-state index is 0.587. The van der Waals surface area contributed by atoms with Crippen molar-refractivity contribution in [1.82, 2.24) is 0 Å². The number of unbranched alkanes of at least 4 members (excludes halogenated alkanes) is 3. The second kappa shape index (κ2) is 6.49. The highest BCUT2D eigenvalue weighted by atomic mass is 28.4. The van der Waals surface area contributed by atoms with Crippen LogP contribution in [0.3, 0.4) is 0 Å². The number of hydrogen-bond acceptors (Lipinski definition) is 1. The SMILES string of the molecule is C=CCCCCCC1CCC[Si](C)(C)O1. The minimum Gasteiger partial charge on any atom is -0.414 e. The summed E-state index contributed by atoms with van der Waals surface area (Å²) >= 11 is 0. The Bertz CT molecular complexity index is 189. The third-order valence-electron chi connectivity index (χ3n) is 3.22. The summed E-state index contributed by atoms with van der Waals surface area (Å²) in [7, 11) is -1.25. The van der Waals surface area contributed by atoms with E-state index in [9.17, 15) is 0 Å². The molecule has 0 aromatic carbocycles. The number of hydrogen-bond donors (Lipinski definition) is 0. The van der Waals surface area contributed by atoms with Gasteiger partial charge < -0.3 is 4.43 Å². The van der Waals surface area contributed by atoms with Gasteiger partial charge in [-0.2, -0.15) is 0 Å². The van der Waals surface area contributed by atoms with Crippen molar-refractivity contribution in [2.75, 3.05) is 0 Å². The van der Waals surface area contributed by atoms with E-state index in [2.05, 4.69) is 19.7 Å². The minimum atomic E-state index is -1.25. The summed E-state index contributed by atoms with van der Waals surface area (Å²) in [5, 5.41) is 0. The summed E-state index contributed by atoms with van der Waals surface area (Å²) in [6, 6.07) is 1.36. The molecule has 0 spiro atoms. The van der Waals surface area contributed by atoms with Crippen molar-refractivity contribution in [2.24, 2.45) is 0 Å². The first-order chi connectivity index (χ1) is 7.14. The van der Waals surface area contributed by atoms with E-state index in [1.807, 2.05) is 6.08 Å². The van der Waals surface area contributed by atoms with Crippen LogP contribution in [0.1, 0.15) is 44.9 Å². The van der Waals surface area contributed by atoms with Crippen molar-refractivity contribution in [3.05, 3.63) is 12.7 Å². The second-order valence-electron chi connectivity index (χ2n) is 5.32. The molecule has 15 heavy (non-hydrogen) atoms. The molecule has 0 amide bonds. The van der Waals surface area contributed by atoms with Gasteiger partial charge in [0, 0.05) is 6.10 Å². The summed E-state index contributed by atoms with van der Waals surface area (Å²) in [5.74, 6) is 0. The Labute approximate surface area is 96.0 Å². The molecule has 0 aromatic heterocycles. The van der Waals surface area contributed by atoms with E-state index in [1.165, 1.54) is 51.0 Å². The predicted octanol–water partition coefficient (Wildman–Crippen LogP) is 4.51. The lowest BCUT2D eigenvalue weighted by Crippen LogP contribution is -2.39. The van der Waals surface area contributed by atoms with Crippen LogP contribution in [0, 0.1) is 0 Å². The molecule has 0 aromatic rings. The Hall–Kier alpha value is -0.0831. The summed E-state index contributed by atoms with van der Waals surface area (Å²) in [5.41, 5.74) is 0. The maximum absolute atomic E-state index is 6.20. The molecule has 1 heterocycles. The number of rotatable bonds is 6. The molecule has 1 fully saturated rings. The van der Waals surface area contributed by atoms with Crippen molar-refractivity contribution in [3.63, 3.8) is 0 Å². The lowest BCUT2D eigenvalue weighted by Gasteiger charge is -2.34. The van der Waals surface area contributed by atoms with E-state index < -0.39 is 8.32 Å². The van der Waals surface area contributed by atoms with E-state index in [0.717, 1.165) is 0 Å². The fourth-order valence-electron chi connectivity index (χ4n) is 2.37. The van der Waals surface area contributed by atoms with Gasteiger partial charge in [0.2, 0.25) is 0 Å². The molecular formula is C13H26OSi. The molecule has 1 unspecified atom stereocenters. The molecule has 1 nitrogen and oxygen atoms in total. The van der Waals surface area contributed by atoms with Crippen LogP contribution < -0.4 is 0 Å². The molecule has 1 aliphatic heterocycles. The summed E-state index contributed by atoms with van der Waals surface area (Å²) in [6.45, 7) is 8.46. The van der Waals surface area contributed by atoms with Crippen LogP contribution in [-0.2, 0) is 4.43 Å². The lowest BCUT2D eigenvalue weighted by molar-refractivity contribution is 0.148. The van der Waals surface area contributed by atoms with Crippen LogP contribution in [0.25, 0.3) is 0 Å². The van der Waals surface area contributed by atoms with Gasteiger partial charge >= 0.3 is 0 Å². The molecule has 2 heteroatoms. The highest BCUT2D eigenvalue weighted by molar-refractivity contribution is 6.71. The molecule has 1 aliphatic rings. The van der Waals surface area contributed by atoms with Crippen LogP contribution in [0.2, 0.25) is 19.1 Å². The highest BCUT2D eigenvalue weighted by Crippen LogP contribution is 2.28. The normalized spacial score (nSPS) is 25.1. The van der Waals surface area contributed by atoms with E-state index in [4.69, 9.17) is 4.43 Å². The Morgan fingerprint density at radius 1 is 1.33 bits per heavy atom. The predicted molar refractivity (Wildman–Crippen MR) is 69.7 cm³/mol. The van der Waals surface area contributed by atoms with E-state index >= 15 is 0 Å². The van der Waals surface area contributed by atoms with Gasteiger partial charge in [-0.15, -0.1) is 6.58 Å². The van der Waals surface area contributed by atoms with Crippen molar-refractivity contribution in [1.29, 1.82) is 0 Å². The molecular weight excluding hydrogens is 200 g/mol. The maximum atomic E-state index is 6.20. The van der Waals surface area contributed by atoms with Gasteiger partial charge in [-0.25, -0.2) is 0 Å². The molecule has 1 rings (SSSR count). The van der Waals surface area contributed by atoms with Crippen LogP contribution in [0.15, 0.2) is 12.7 Å². The molecule has 1 saturated heterocycles. The first-order valence-electron chi connectivity index (χ1n) is 6.43. The molecule has 0 radical (unpaired) electrons.